The van der Waals surface area contributed by atoms with E-state index in [2.05, 4.69) is 105 Å². The molecule has 53 heavy (non-hydrogen) atoms. The molecule has 0 spiro atoms. The first-order chi connectivity index (χ1) is 25.8. The molecule has 0 bridgehead atoms. The number of hydrogen-bond acceptors (Lipinski definition) is 8. The summed E-state index contributed by atoms with van der Waals surface area (Å²) in [5.74, 6) is -0.955. The highest BCUT2D eigenvalue weighted by Gasteiger charge is 2.25. The third kappa shape index (κ3) is 38.5. The lowest BCUT2D eigenvalue weighted by atomic mass is 10.1. The van der Waals surface area contributed by atoms with E-state index in [-0.39, 0.29) is 32.6 Å². The minimum absolute atomic E-state index is 0.0340. The fourth-order valence-electron chi connectivity index (χ4n) is 4.56. The van der Waals surface area contributed by atoms with Gasteiger partial charge in [0, 0.05) is 19.4 Å². The molecule has 2 atom stereocenters. The Morgan fingerprint density at radius 3 is 1.53 bits per heavy atom. The molecule has 300 valence electrons. The summed E-state index contributed by atoms with van der Waals surface area (Å²) in [6.07, 6.45) is 48.8. The van der Waals surface area contributed by atoms with Crippen molar-refractivity contribution in [3.63, 3.8) is 0 Å². The average molecular weight is 760 g/mol. The van der Waals surface area contributed by atoms with Gasteiger partial charge in [-0.3, -0.25) is 18.6 Å². The Kier molecular flexibility index (Phi) is 36.4. The van der Waals surface area contributed by atoms with Gasteiger partial charge in [0.15, 0.2) is 6.10 Å². The van der Waals surface area contributed by atoms with Crippen molar-refractivity contribution < 1.29 is 37.6 Å². The van der Waals surface area contributed by atoms with E-state index < -0.39 is 32.5 Å². The fraction of sp³-hybridized carbons (Fsp3) is 0.581. The van der Waals surface area contributed by atoms with Gasteiger partial charge in [0.05, 0.1) is 13.2 Å². The van der Waals surface area contributed by atoms with E-state index in [9.17, 15) is 19.0 Å². The summed E-state index contributed by atoms with van der Waals surface area (Å²) in [7, 11) is -4.40. The summed E-state index contributed by atoms with van der Waals surface area (Å²) >= 11 is 0. The second-order valence-electron chi connectivity index (χ2n) is 12.4. The lowest BCUT2D eigenvalue weighted by Gasteiger charge is -2.19. The number of unbranched alkanes of at least 4 members (excludes halogenated alkanes) is 6. The summed E-state index contributed by atoms with van der Waals surface area (Å²) in [5, 5.41) is 0. The highest BCUT2D eigenvalue weighted by molar-refractivity contribution is 7.47. The summed E-state index contributed by atoms with van der Waals surface area (Å²) in [6.45, 7) is 3.44. The minimum atomic E-state index is -4.40. The highest BCUT2D eigenvalue weighted by atomic mass is 31.2. The van der Waals surface area contributed by atoms with Crippen LogP contribution in [0.2, 0.25) is 0 Å². The molecule has 10 heteroatoms. The van der Waals surface area contributed by atoms with E-state index >= 15 is 0 Å². The van der Waals surface area contributed by atoms with E-state index in [1.54, 1.807) is 0 Å². The monoisotopic (exact) mass is 759 g/mol. The maximum atomic E-state index is 12.5. The van der Waals surface area contributed by atoms with E-state index in [0.717, 1.165) is 70.6 Å². The first kappa shape index (κ1) is 49.9. The van der Waals surface area contributed by atoms with Gasteiger partial charge in [0.1, 0.15) is 6.61 Å². The molecule has 0 aliphatic carbocycles. The van der Waals surface area contributed by atoms with Gasteiger partial charge in [0.25, 0.3) is 0 Å². The lowest BCUT2D eigenvalue weighted by molar-refractivity contribution is -0.161. The molecule has 0 saturated carbocycles. The molecule has 0 amide bonds. The molecule has 0 aromatic heterocycles. The first-order valence-corrected chi connectivity index (χ1v) is 21.2. The number of carbonyl (C=O) groups is 2. The maximum absolute atomic E-state index is 12.5. The van der Waals surface area contributed by atoms with Crippen molar-refractivity contribution in [2.75, 3.05) is 26.4 Å². The van der Waals surface area contributed by atoms with Crippen LogP contribution in [0.25, 0.3) is 0 Å². The average Bonchev–Trinajstić information content (AvgIpc) is 3.14. The lowest BCUT2D eigenvalue weighted by Crippen LogP contribution is -2.29. The zero-order chi connectivity index (χ0) is 38.9. The van der Waals surface area contributed by atoms with E-state index in [4.69, 9.17) is 24.3 Å². The van der Waals surface area contributed by atoms with Crippen LogP contribution < -0.4 is 5.73 Å². The van der Waals surface area contributed by atoms with Gasteiger partial charge in [0.2, 0.25) is 0 Å². The van der Waals surface area contributed by atoms with Crippen LogP contribution >= 0.6 is 7.82 Å². The molecule has 1 unspecified atom stereocenters. The third-order valence-electron chi connectivity index (χ3n) is 7.45. The first-order valence-electron chi connectivity index (χ1n) is 19.7. The Hall–Kier alpha value is -3.07. The van der Waals surface area contributed by atoms with E-state index in [0.29, 0.717) is 12.8 Å². The van der Waals surface area contributed by atoms with Crippen LogP contribution in [0.3, 0.4) is 0 Å². The Morgan fingerprint density at radius 2 is 1.04 bits per heavy atom. The zero-order valence-corrected chi connectivity index (χ0v) is 33.6. The Balaban J connectivity index is 4.40. The topological polar surface area (TPSA) is 134 Å². The Morgan fingerprint density at radius 1 is 0.585 bits per heavy atom. The van der Waals surface area contributed by atoms with Crippen molar-refractivity contribution in [3.05, 3.63) is 97.2 Å². The van der Waals surface area contributed by atoms with Crippen LogP contribution in [0.1, 0.15) is 129 Å². The molecule has 0 aliphatic heterocycles. The molecular weight excluding hydrogens is 689 g/mol. The number of hydrogen-bond donors (Lipinski definition) is 2. The van der Waals surface area contributed by atoms with Crippen molar-refractivity contribution in [2.24, 2.45) is 5.73 Å². The van der Waals surface area contributed by atoms with Crippen molar-refractivity contribution >= 4 is 19.8 Å². The number of phosphoric ester groups is 1. The number of esters is 2. The SMILES string of the molecule is CCC=CCC=CCC=CCC=CCC=CCCCC(=O)OC[C@H](COP(=O)(O)OCCN)OC(=O)CCCCC=CCC=CCC=CCCCCC. The van der Waals surface area contributed by atoms with E-state index in [1.807, 2.05) is 6.08 Å². The molecule has 3 N–H and O–H groups in total. The van der Waals surface area contributed by atoms with Crippen molar-refractivity contribution in [1.29, 1.82) is 0 Å². The van der Waals surface area contributed by atoms with Crippen LogP contribution in [0.5, 0.6) is 0 Å². The highest BCUT2D eigenvalue weighted by Crippen LogP contribution is 2.43. The summed E-state index contributed by atoms with van der Waals surface area (Å²) in [4.78, 5) is 34.7. The van der Waals surface area contributed by atoms with Gasteiger partial charge >= 0.3 is 19.8 Å². The van der Waals surface area contributed by atoms with Gasteiger partial charge in [-0.05, 0) is 89.9 Å². The van der Waals surface area contributed by atoms with Gasteiger partial charge in [-0.2, -0.15) is 0 Å². The van der Waals surface area contributed by atoms with Crippen molar-refractivity contribution in [2.45, 2.75) is 136 Å². The van der Waals surface area contributed by atoms with Gasteiger partial charge in [-0.1, -0.05) is 124 Å². The predicted molar refractivity (Wildman–Crippen MR) is 219 cm³/mol. The van der Waals surface area contributed by atoms with Crippen LogP contribution in [0.4, 0.5) is 0 Å². The second kappa shape index (κ2) is 38.6. The number of nitrogens with two attached hydrogens (primary N) is 1. The molecule has 9 nitrogen and oxygen atoms in total. The molecule has 0 aliphatic rings. The summed E-state index contributed by atoms with van der Waals surface area (Å²) < 4.78 is 32.6. The second-order valence-corrected chi connectivity index (χ2v) is 13.9. The summed E-state index contributed by atoms with van der Waals surface area (Å²) in [5.41, 5.74) is 5.33. The molecule has 0 heterocycles. The molecule has 0 fully saturated rings. The van der Waals surface area contributed by atoms with Crippen LogP contribution in [0, 0.1) is 0 Å². The number of phosphoric acid groups is 1. The third-order valence-corrected chi connectivity index (χ3v) is 8.44. The standard InChI is InChI=1S/C43H70NO8P/c1-3-5-7-9-11-13-15-17-19-20-22-23-25-27-29-31-33-35-42(45)49-39-41(40-51-53(47,48)50-38-37-44)52-43(46)36-34-32-30-28-26-24-21-18-16-14-12-10-8-6-4-2/h5,7,11-14,17-19,21-23,26-29,41H,3-4,6,8-10,15-16,20,24-25,30-40,44H2,1-2H3,(H,47,48)/t41-/m1/s1. The largest absolute Gasteiger partial charge is 0.472 e. The fourth-order valence-corrected chi connectivity index (χ4v) is 5.32. The summed E-state index contributed by atoms with van der Waals surface area (Å²) in [6, 6.07) is 0. The predicted octanol–water partition coefficient (Wildman–Crippen LogP) is 11.0. The number of allylic oxidation sites excluding steroid dienone is 16. The smallest absolute Gasteiger partial charge is 0.462 e. The molecule has 0 rings (SSSR count). The number of rotatable bonds is 35. The zero-order valence-electron chi connectivity index (χ0n) is 32.7. The van der Waals surface area contributed by atoms with Crippen molar-refractivity contribution in [1.82, 2.24) is 0 Å². The van der Waals surface area contributed by atoms with Crippen LogP contribution in [-0.4, -0.2) is 49.3 Å². The van der Waals surface area contributed by atoms with Gasteiger partial charge in [-0.25, -0.2) is 4.57 Å². The Bertz CT molecular complexity index is 1180. The number of ether oxygens (including phenoxy) is 2. The van der Waals surface area contributed by atoms with Gasteiger partial charge < -0.3 is 20.1 Å². The van der Waals surface area contributed by atoms with Gasteiger partial charge in [-0.15, -0.1) is 0 Å². The quantitative estimate of drug-likeness (QED) is 0.0280. The molecule has 0 aromatic rings. The molecule has 0 aromatic carbocycles. The minimum Gasteiger partial charge on any atom is -0.462 e. The molecule has 0 saturated heterocycles. The Labute approximate surface area is 321 Å². The van der Waals surface area contributed by atoms with Crippen LogP contribution in [0.15, 0.2) is 97.2 Å². The molecular formula is C43H70NO8P. The maximum Gasteiger partial charge on any atom is 0.472 e. The van der Waals surface area contributed by atoms with E-state index in [1.165, 1.54) is 19.3 Å². The molecule has 0 radical (unpaired) electrons. The van der Waals surface area contributed by atoms with Crippen LogP contribution in [-0.2, 0) is 32.7 Å². The van der Waals surface area contributed by atoms with Crippen molar-refractivity contribution in [3.8, 4) is 0 Å². The number of carbonyl (C=O) groups excluding carboxylic acids is 2. The normalized spacial score (nSPS) is 14.4.